The largest absolute Gasteiger partial charge is 0.249 e. The van der Waals surface area contributed by atoms with Crippen LogP contribution in [0.2, 0.25) is 5.02 Å². The molecule has 0 amide bonds. The predicted octanol–water partition coefficient (Wildman–Crippen LogP) is 4.33. The Morgan fingerprint density at radius 3 is 2.45 bits per heavy atom. The Labute approximate surface area is 131 Å². The van der Waals surface area contributed by atoms with Gasteiger partial charge in [0.15, 0.2) is 0 Å². The first-order valence-electron chi connectivity index (χ1n) is 6.40. The fourth-order valence-electron chi connectivity index (χ4n) is 1.96. The number of aromatic nitrogens is 3. The number of pyridine rings is 1. The zero-order chi connectivity index (χ0) is 15.5. The third-order valence-electron chi connectivity index (χ3n) is 3.00. The van der Waals surface area contributed by atoms with Gasteiger partial charge in [-0.05, 0) is 43.1 Å². The van der Waals surface area contributed by atoms with Crippen LogP contribution in [0, 0.1) is 5.82 Å². The van der Waals surface area contributed by atoms with Gasteiger partial charge in [0.25, 0.3) is 0 Å². The van der Waals surface area contributed by atoms with E-state index in [0.29, 0.717) is 22.1 Å². The van der Waals surface area contributed by atoms with Crippen molar-refractivity contribution < 1.29 is 4.39 Å². The molecule has 0 bridgehead atoms. The van der Waals surface area contributed by atoms with Crippen molar-refractivity contribution in [3.63, 3.8) is 0 Å². The molecule has 1 aromatic carbocycles. The summed E-state index contributed by atoms with van der Waals surface area (Å²) in [6, 6.07) is 11.6. The van der Waals surface area contributed by atoms with Crippen molar-refractivity contribution in [2.45, 2.75) is 0 Å². The van der Waals surface area contributed by atoms with Gasteiger partial charge in [-0.2, -0.15) is 0 Å². The maximum absolute atomic E-state index is 13.0. The van der Waals surface area contributed by atoms with Crippen LogP contribution in [0.1, 0.15) is 0 Å². The zero-order valence-corrected chi connectivity index (χ0v) is 12.1. The van der Waals surface area contributed by atoms with Gasteiger partial charge in [-0.1, -0.05) is 17.7 Å². The average Bonchev–Trinajstić information content (AvgIpc) is 2.56. The van der Waals surface area contributed by atoms with Crippen LogP contribution >= 0.6 is 11.6 Å². The molecule has 0 saturated carbocycles. The van der Waals surface area contributed by atoms with E-state index in [4.69, 9.17) is 11.6 Å². The lowest BCUT2D eigenvalue weighted by atomic mass is 10.1. The van der Waals surface area contributed by atoms with Crippen LogP contribution in [0.25, 0.3) is 22.6 Å². The molecule has 22 heavy (non-hydrogen) atoms. The molecule has 0 saturated heterocycles. The minimum absolute atomic E-state index is 0.230. The Bertz CT molecular complexity index is 834. The van der Waals surface area contributed by atoms with E-state index in [0.717, 1.165) is 5.56 Å². The first kappa shape index (κ1) is 14.3. The van der Waals surface area contributed by atoms with Crippen LogP contribution in [-0.4, -0.2) is 21.7 Å². The van der Waals surface area contributed by atoms with Gasteiger partial charge in [0, 0.05) is 5.56 Å². The van der Waals surface area contributed by atoms with Crippen molar-refractivity contribution in [3.05, 3.63) is 59.5 Å². The van der Waals surface area contributed by atoms with E-state index in [1.165, 1.54) is 18.3 Å². The van der Waals surface area contributed by atoms with Crippen LogP contribution < -0.4 is 0 Å². The molecule has 0 radical (unpaired) electrons. The molecule has 0 unspecified atom stereocenters. The summed E-state index contributed by atoms with van der Waals surface area (Å²) in [5.74, 6) is -0.0613. The minimum atomic E-state index is -0.291. The fraction of sp³-hybridized carbons (Fsp3) is 0. The second-order valence-electron chi connectivity index (χ2n) is 4.44. The SMILES string of the molecule is C=Nc1ncc(Cl)c(-c2cccc(-c3ccc(F)cc3)n2)n1. The average molecular weight is 313 g/mol. The van der Waals surface area contributed by atoms with Gasteiger partial charge < -0.3 is 0 Å². The molecule has 3 aromatic rings. The number of aliphatic imine (C=N–C) groups is 1. The maximum Gasteiger partial charge on any atom is 0.249 e. The summed E-state index contributed by atoms with van der Waals surface area (Å²) in [4.78, 5) is 16.4. The van der Waals surface area contributed by atoms with Crippen molar-refractivity contribution in [2.24, 2.45) is 4.99 Å². The summed E-state index contributed by atoms with van der Waals surface area (Å²) in [5.41, 5.74) is 2.55. The van der Waals surface area contributed by atoms with Gasteiger partial charge >= 0.3 is 0 Å². The molecule has 6 heteroatoms. The Hall–Kier alpha value is -2.66. The molecular weight excluding hydrogens is 303 g/mol. The second-order valence-corrected chi connectivity index (χ2v) is 4.85. The predicted molar refractivity (Wildman–Crippen MR) is 84.9 cm³/mol. The molecule has 2 aromatic heterocycles. The van der Waals surface area contributed by atoms with Crippen molar-refractivity contribution >= 4 is 24.3 Å². The van der Waals surface area contributed by atoms with Crippen LogP contribution in [0.5, 0.6) is 0 Å². The van der Waals surface area contributed by atoms with Crippen molar-refractivity contribution in [2.75, 3.05) is 0 Å². The zero-order valence-electron chi connectivity index (χ0n) is 11.4. The second kappa shape index (κ2) is 5.99. The fourth-order valence-corrected chi connectivity index (χ4v) is 2.15. The topological polar surface area (TPSA) is 51.0 Å². The molecule has 3 rings (SSSR count). The van der Waals surface area contributed by atoms with E-state index in [9.17, 15) is 4.39 Å². The summed E-state index contributed by atoms with van der Waals surface area (Å²) >= 11 is 6.13. The minimum Gasteiger partial charge on any atom is -0.246 e. The molecule has 0 N–H and O–H groups in total. The number of halogens is 2. The van der Waals surface area contributed by atoms with Crippen LogP contribution in [0.4, 0.5) is 10.3 Å². The van der Waals surface area contributed by atoms with Gasteiger partial charge in [0.1, 0.15) is 11.5 Å². The van der Waals surface area contributed by atoms with Gasteiger partial charge in [-0.15, -0.1) is 0 Å². The highest BCUT2D eigenvalue weighted by Crippen LogP contribution is 2.27. The number of hydrogen-bond acceptors (Lipinski definition) is 4. The Balaban J connectivity index is 2.08. The van der Waals surface area contributed by atoms with E-state index >= 15 is 0 Å². The molecule has 0 aliphatic heterocycles. The van der Waals surface area contributed by atoms with Gasteiger partial charge in [-0.3, -0.25) is 0 Å². The normalized spacial score (nSPS) is 10.5. The van der Waals surface area contributed by atoms with Gasteiger partial charge in [0.2, 0.25) is 5.95 Å². The van der Waals surface area contributed by atoms with E-state index in [-0.39, 0.29) is 11.8 Å². The molecule has 0 aliphatic carbocycles. The summed E-state index contributed by atoms with van der Waals surface area (Å²) in [5, 5.41) is 0.371. The van der Waals surface area contributed by atoms with Crippen molar-refractivity contribution in [3.8, 4) is 22.6 Å². The van der Waals surface area contributed by atoms with Crippen LogP contribution in [0.15, 0.2) is 53.7 Å². The lowest BCUT2D eigenvalue weighted by Crippen LogP contribution is -1.93. The summed E-state index contributed by atoms with van der Waals surface area (Å²) in [7, 11) is 0. The van der Waals surface area contributed by atoms with Crippen LogP contribution in [0.3, 0.4) is 0 Å². The highest BCUT2D eigenvalue weighted by atomic mass is 35.5. The van der Waals surface area contributed by atoms with Gasteiger partial charge in [-0.25, -0.2) is 24.3 Å². The smallest absolute Gasteiger partial charge is 0.246 e. The summed E-state index contributed by atoms with van der Waals surface area (Å²) in [6.07, 6.45) is 1.46. The highest BCUT2D eigenvalue weighted by Gasteiger charge is 2.10. The molecule has 108 valence electrons. The Morgan fingerprint density at radius 2 is 1.73 bits per heavy atom. The number of hydrogen-bond donors (Lipinski definition) is 0. The summed E-state index contributed by atoms with van der Waals surface area (Å²) in [6.45, 7) is 3.39. The maximum atomic E-state index is 13.0. The number of benzene rings is 1. The molecule has 0 fully saturated rings. The Morgan fingerprint density at radius 1 is 1.00 bits per heavy atom. The first-order chi connectivity index (χ1) is 10.7. The molecule has 0 atom stereocenters. The highest BCUT2D eigenvalue weighted by molar-refractivity contribution is 6.32. The third kappa shape index (κ3) is 2.84. The lowest BCUT2D eigenvalue weighted by Gasteiger charge is -2.06. The number of nitrogens with zero attached hydrogens (tertiary/aromatic N) is 4. The third-order valence-corrected chi connectivity index (χ3v) is 3.28. The van der Waals surface area contributed by atoms with Crippen molar-refractivity contribution in [1.29, 1.82) is 0 Å². The Kier molecular flexibility index (Phi) is 3.89. The van der Waals surface area contributed by atoms with E-state index in [2.05, 4.69) is 26.7 Å². The summed E-state index contributed by atoms with van der Waals surface area (Å²) < 4.78 is 13.0. The molecule has 0 aliphatic rings. The molecule has 4 nitrogen and oxygen atoms in total. The molecular formula is C16H10ClFN4. The van der Waals surface area contributed by atoms with Gasteiger partial charge in [0.05, 0.1) is 22.6 Å². The quantitative estimate of drug-likeness (QED) is 0.676. The lowest BCUT2D eigenvalue weighted by molar-refractivity contribution is 0.628. The van der Waals surface area contributed by atoms with Crippen molar-refractivity contribution in [1.82, 2.24) is 15.0 Å². The number of rotatable bonds is 3. The van der Waals surface area contributed by atoms with E-state index in [1.54, 1.807) is 18.2 Å². The van der Waals surface area contributed by atoms with Crippen LogP contribution in [-0.2, 0) is 0 Å². The van der Waals surface area contributed by atoms with E-state index in [1.807, 2.05) is 12.1 Å². The first-order valence-corrected chi connectivity index (χ1v) is 6.78. The van der Waals surface area contributed by atoms with E-state index < -0.39 is 0 Å². The standard InChI is InChI=1S/C16H10ClFN4/c1-19-16-20-9-12(17)15(22-16)14-4-2-3-13(21-14)10-5-7-11(18)8-6-10/h2-9H,1H2. The monoisotopic (exact) mass is 312 g/mol. The molecule has 0 spiro atoms. The molecule has 2 heterocycles.